The average Bonchev–Trinajstić information content (AvgIpc) is 2.61. The minimum Gasteiger partial charge on any atom is -0.394 e. The van der Waals surface area contributed by atoms with Crippen LogP contribution in [0.5, 0.6) is 0 Å². The van der Waals surface area contributed by atoms with Crippen molar-refractivity contribution in [1.29, 1.82) is 0 Å². The van der Waals surface area contributed by atoms with Gasteiger partial charge in [-0.15, -0.1) is 0 Å². The van der Waals surface area contributed by atoms with Crippen LogP contribution >= 0.6 is 23.2 Å². The van der Waals surface area contributed by atoms with Crippen molar-refractivity contribution >= 4 is 35.4 Å². The predicted octanol–water partition coefficient (Wildman–Crippen LogP) is 3.71. The number of aliphatic hydroxyl groups excluding tert-OH is 3. The summed E-state index contributed by atoms with van der Waals surface area (Å²) in [5.74, 6) is 0. The first kappa shape index (κ1) is 19.4. The monoisotopic (exact) mass is 394 g/mol. The zero-order valence-electron chi connectivity index (χ0n) is 13.9. The fraction of sp³-hybridized carbons (Fsp3) is 0.300. The summed E-state index contributed by atoms with van der Waals surface area (Å²) in [6.07, 6.45) is 0.850. The molecule has 0 aromatic heterocycles. The maximum absolute atomic E-state index is 10.3. The Labute approximate surface area is 162 Å². The summed E-state index contributed by atoms with van der Waals surface area (Å²) in [6, 6.07) is 12.8. The summed E-state index contributed by atoms with van der Waals surface area (Å²) >= 11 is 12.0. The lowest BCUT2D eigenvalue weighted by molar-refractivity contribution is -0.179. The van der Waals surface area contributed by atoms with Crippen LogP contribution in [0.3, 0.4) is 0 Å². The fourth-order valence-corrected chi connectivity index (χ4v) is 3.59. The van der Waals surface area contributed by atoms with Gasteiger partial charge in [-0.05, 0) is 41.0 Å². The maximum atomic E-state index is 10.3. The van der Waals surface area contributed by atoms with Gasteiger partial charge in [0, 0.05) is 16.5 Å². The molecular formula is C20H20Cl2O4. The predicted molar refractivity (Wildman–Crippen MR) is 103 cm³/mol. The van der Waals surface area contributed by atoms with E-state index in [1.165, 1.54) is 0 Å². The van der Waals surface area contributed by atoms with E-state index in [2.05, 4.69) is 0 Å². The molecule has 26 heavy (non-hydrogen) atoms. The van der Waals surface area contributed by atoms with Crippen molar-refractivity contribution in [1.82, 2.24) is 0 Å². The first-order valence-corrected chi connectivity index (χ1v) is 9.08. The second-order valence-corrected chi connectivity index (χ2v) is 7.23. The van der Waals surface area contributed by atoms with Crippen LogP contribution in [0, 0.1) is 0 Å². The van der Waals surface area contributed by atoms with Gasteiger partial charge in [0.2, 0.25) is 0 Å². The third-order valence-electron chi connectivity index (χ3n) is 4.34. The number of ether oxygens (including phenoxy) is 1. The minimum atomic E-state index is -1.04. The van der Waals surface area contributed by atoms with E-state index in [1.807, 2.05) is 48.6 Å². The SMILES string of the molecule is OC[C@@H]1C[C@H](O)[C@H](O)[C@@H](c2cccc(/C=C/c3cc(Cl)cc(Cl)c3)c2)O1. The summed E-state index contributed by atoms with van der Waals surface area (Å²) in [6.45, 7) is -0.199. The van der Waals surface area contributed by atoms with Crippen LogP contribution in [0.25, 0.3) is 12.2 Å². The first-order valence-electron chi connectivity index (χ1n) is 8.33. The zero-order chi connectivity index (χ0) is 18.7. The highest BCUT2D eigenvalue weighted by Gasteiger charge is 2.37. The standard InChI is InChI=1S/C20H20Cl2O4/c21-15-7-13(8-16(22)9-15)5-4-12-2-1-3-14(6-12)20-19(25)18(24)10-17(11-23)26-20/h1-9,17-20,23-25H,10-11H2/b5-4+/t17-,18-,19-,20+/m0/s1. The van der Waals surface area contributed by atoms with E-state index in [1.54, 1.807) is 6.07 Å². The lowest BCUT2D eigenvalue weighted by Gasteiger charge is -2.36. The summed E-state index contributed by atoms with van der Waals surface area (Å²) in [5, 5.41) is 30.7. The molecule has 138 valence electrons. The average molecular weight is 395 g/mol. The summed E-state index contributed by atoms with van der Waals surface area (Å²) in [4.78, 5) is 0. The molecule has 0 bridgehead atoms. The number of aliphatic hydroxyl groups is 3. The Balaban J connectivity index is 1.82. The van der Waals surface area contributed by atoms with E-state index in [-0.39, 0.29) is 13.0 Å². The van der Waals surface area contributed by atoms with Crippen molar-refractivity contribution in [3.05, 3.63) is 69.2 Å². The molecule has 3 rings (SSSR count). The van der Waals surface area contributed by atoms with E-state index in [0.29, 0.717) is 10.0 Å². The first-order chi connectivity index (χ1) is 12.5. The van der Waals surface area contributed by atoms with Crippen molar-refractivity contribution in [2.24, 2.45) is 0 Å². The molecule has 0 unspecified atom stereocenters. The highest BCUT2D eigenvalue weighted by molar-refractivity contribution is 6.34. The summed E-state index contributed by atoms with van der Waals surface area (Å²) in [7, 11) is 0. The van der Waals surface area contributed by atoms with Gasteiger partial charge >= 0.3 is 0 Å². The molecule has 1 aliphatic heterocycles. The van der Waals surface area contributed by atoms with Crippen LogP contribution in [0.1, 0.15) is 29.2 Å². The highest BCUT2D eigenvalue weighted by atomic mass is 35.5. The largest absolute Gasteiger partial charge is 0.394 e. The van der Waals surface area contributed by atoms with Gasteiger partial charge in [0.25, 0.3) is 0 Å². The van der Waals surface area contributed by atoms with E-state index in [9.17, 15) is 15.3 Å². The number of benzene rings is 2. The van der Waals surface area contributed by atoms with Gasteiger partial charge < -0.3 is 20.1 Å². The van der Waals surface area contributed by atoms with Gasteiger partial charge in [-0.25, -0.2) is 0 Å². The molecule has 1 saturated heterocycles. The van der Waals surface area contributed by atoms with Gasteiger partial charge in [0.15, 0.2) is 0 Å². The van der Waals surface area contributed by atoms with E-state index < -0.39 is 24.4 Å². The van der Waals surface area contributed by atoms with Crippen molar-refractivity contribution in [3.63, 3.8) is 0 Å². The molecule has 0 saturated carbocycles. The van der Waals surface area contributed by atoms with E-state index in [4.69, 9.17) is 27.9 Å². The zero-order valence-corrected chi connectivity index (χ0v) is 15.4. The smallest absolute Gasteiger partial charge is 0.111 e. The Kier molecular flexibility index (Phi) is 6.35. The third-order valence-corrected chi connectivity index (χ3v) is 4.78. The maximum Gasteiger partial charge on any atom is 0.111 e. The minimum absolute atomic E-state index is 0.199. The Morgan fingerprint density at radius 2 is 1.69 bits per heavy atom. The fourth-order valence-electron chi connectivity index (χ4n) is 3.05. The van der Waals surface area contributed by atoms with Crippen molar-refractivity contribution in [2.75, 3.05) is 6.61 Å². The van der Waals surface area contributed by atoms with Crippen LogP contribution in [-0.4, -0.2) is 40.2 Å². The molecule has 2 aromatic carbocycles. The van der Waals surface area contributed by atoms with Gasteiger partial charge in [-0.3, -0.25) is 0 Å². The molecule has 1 heterocycles. The highest BCUT2D eigenvalue weighted by Crippen LogP contribution is 2.32. The van der Waals surface area contributed by atoms with E-state index in [0.717, 1.165) is 16.7 Å². The summed E-state index contributed by atoms with van der Waals surface area (Å²) < 4.78 is 5.73. The normalized spacial score (nSPS) is 26.3. The van der Waals surface area contributed by atoms with Crippen molar-refractivity contribution in [2.45, 2.75) is 30.8 Å². The second kappa shape index (κ2) is 8.53. The van der Waals surface area contributed by atoms with Crippen LogP contribution < -0.4 is 0 Å². The Morgan fingerprint density at radius 1 is 1.00 bits per heavy atom. The van der Waals surface area contributed by atoms with Gasteiger partial charge in [-0.1, -0.05) is 53.6 Å². The lowest BCUT2D eigenvalue weighted by atomic mass is 9.92. The molecule has 6 heteroatoms. The van der Waals surface area contributed by atoms with Crippen molar-refractivity contribution < 1.29 is 20.1 Å². The third kappa shape index (κ3) is 4.65. The van der Waals surface area contributed by atoms with Crippen LogP contribution in [0.15, 0.2) is 42.5 Å². The second-order valence-electron chi connectivity index (χ2n) is 6.36. The molecule has 3 N–H and O–H groups in total. The van der Waals surface area contributed by atoms with Crippen LogP contribution in [0.2, 0.25) is 10.0 Å². The Hall–Kier alpha value is -1.40. The van der Waals surface area contributed by atoms with E-state index >= 15 is 0 Å². The Morgan fingerprint density at radius 3 is 2.38 bits per heavy atom. The molecule has 0 radical (unpaired) electrons. The molecule has 4 nitrogen and oxygen atoms in total. The molecule has 0 amide bonds. The van der Waals surface area contributed by atoms with Gasteiger partial charge in [0.05, 0.1) is 18.8 Å². The molecule has 1 aliphatic rings. The van der Waals surface area contributed by atoms with Crippen LogP contribution in [-0.2, 0) is 4.74 Å². The number of halogens is 2. The Bertz CT molecular complexity index is 773. The number of hydrogen-bond donors (Lipinski definition) is 3. The molecule has 0 spiro atoms. The molecule has 2 aromatic rings. The topological polar surface area (TPSA) is 69.9 Å². The number of rotatable bonds is 4. The molecule has 0 aliphatic carbocycles. The molecule has 4 atom stereocenters. The summed E-state index contributed by atoms with van der Waals surface area (Å²) in [5.41, 5.74) is 2.51. The van der Waals surface area contributed by atoms with Gasteiger partial charge in [-0.2, -0.15) is 0 Å². The molecule has 1 fully saturated rings. The quantitative estimate of drug-likeness (QED) is 0.691. The number of hydrogen-bond acceptors (Lipinski definition) is 4. The van der Waals surface area contributed by atoms with Crippen molar-refractivity contribution in [3.8, 4) is 0 Å². The lowest BCUT2D eigenvalue weighted by Crippen LogP contribution is -2.44. The van der Waals surface area contributed by atoms with Crippen LogP contribution in [0.4, 0.5) is 0 Å². The molecular weight excluding hydrogens is 375 g/mol. The van der Waals surface area contributed by atoms with Gasteiger partial charge in [0.1, 0.15) is 12.2 Å².